The van der Waals surface area contributed by atoms with Crippen molar-refractivity contribution in [3.8, 4) is 0 Å². The molecule has 0 spiro atoms. The molecule has 2 aliphatic heterocycles. The molecule has 1 unspecified atom stereocenters. The minimum absolute atomic E-state index is 0.0835. The van der Waals surface area contributed by atoms with E-state index in [-0.39, 0.29) is 17.0 Å². The second-order valence-electron chi connectivity index (χ2n) is 4.78. The first kappa shape index (κ1) is 11.8. The molecule has 1 saturated heterocycles. The van der Waals surface area contributed by atoms with E-state index in [0.717, 1.165) is 11.4 Å². The van der Waals surface area contributed by atoms with Crippen molar-refractivity contribution in [1.82, 2.24) is 10.2 Å². The highest BCUT2D eigenvalue weighted by Gasteiger charge is 2.38. The van der Waals surface area contributed by atoms with E-state index in [1.807, 2.05) is 6.92 Å². The first-order valence-electron chi connectivity index (χ1n) is 5.93. The van der Waals surface area contributed by atoms with Gasteiger partial charge in [-0.25, -0.2) is 8.78 Å². The van der Waals surface area contributed by atoms with Gasteiger partial charge in [-0.3, -0.25) is 0 Å². The molecule has 0 amide bonds. The number of hydrogen-bond acceptors (Lipinski definition) is 3. The molecule has 0 aliphatic carbocycles. The van der Waals surface area contributed by atoms with E-state index in [9.17, 15) is 8.78 Å². The Labute approximate surface area is 110 Å². The number of benzene rings is 1. The predicted molar refractivity (Wildman–Crippen MR) is 69.0 cm³/mol. The van der Waals surface area contributed by atoms with Crippen molar-refractivity contribution < 1.29 is 8.78 Å². The van der Waals surface area contributed by atoms with Gasteiger partial charge in [0.1, 0.15) is 17.1 Å². The number of rotatable bonds is 1. The van der Waals surface area contributed by atoms with Gasteiger partial charge in [0.2, 0.25) is 0 Å². The summed E-state index contributed by atoms with van der Waals surface area (Å²) in [6.45, 7) is 2.57. The Hall–Kier alpha value is -1.23. The minimum atomic E-state index is -0.455. The number of nitrogens with one attached hydrogen (secondary N) is 1. The highest BCUT2D eigenvalue weighted by atomic mass is 32.1. The smallest absolute Gasteiger partial charge is 0.145 e. The standard InChI is InChI=1S/C13H14F2N2S/c1-7-11-5-8(6-17(11)13(18)16-7)12-9(14)3-2-4-10(12)15/h2-4,8,13,16,18H,5-6H2,1H3/t8-,13?/m1/s1. The van der Waals surface area contributed by atoms with Crippen molar-refractivity contribution in [2.45, 2.75) is 24.8 Å². The molecule has 0 bridgehead atoms. The van der Waals surface area contributed by atoms with Crippen molar-refractivity contribution in [2.75, 3.05) is 6.54 Å². The van der Waals surface area contributed by atoms with Gasteiger partial charge in [-0.05, 0) is 25.5 Å². The van der Waals surface area contributed by atoms with Crippen LogP contribution < -0.4 is 5.32 Å². The molecule has 2 heterocycles. The third-order valence-electron chi connectivity index (χ3n) is 3.69. The molecule has 96 valence electrons. The van der Waals surface area contributed by atoms with Crippen LogP contribution in [-0.2, 0) is 0 Å². The van der Waals surface area contributed by atoms with Crippen molar-refractivity contribution in [2.24, 2.45) is 0 Å². The molecule has 2 atom stereocenters. The van der Waals surface area contributed by atoms with Crippen molar-refractivity contribution in [1.29, 1.82) is 0 Å². The molecule has 3 rings (SSSR count). The summed E-state index contributed by atoms with van der Waals surface area (Å²) in [5, 5.41) is 3.20. The number of hydrogen-bond donors (Lipinski definition) is 2. The molecule has 1 aromatic carbocycles. The Morgan fingerprint density at radius 3 is 2.61 bits per heavy atom. The van der Waals surface area contributed by atoms with Crippen molar-refractivity contribution >= 4 is 12.6 Å². The third-order valence-corrected chi connectivity index (χ3v) is 4.09. The average Bonchev–Trinajstić information content (AvgIpc) is 2.82. The first-order valence-corrected chi connectivity index (χ1v) is 6.44. The fourth-order valence-corrected chi connectivity index (χ4v) is 3.26. The monoisotopic (exact) mass is 268 g/mol. The summed E-state index contributed by atoms with van der Waals surface area (Å²) in [7, 11) is 0. The fraction of sp³-hybridized carbons (Fsp3) is 0.385. The lowest BCUT2D eigenvalue weighted by molar-refractivity contribution is 0.367. The van der Waals surface area contributed by atoms with Gasteiger partial charge >= 0.3 is 0 Å². The molecular formula is C13H14F2N2S. The van der Waals surface area contributed by atoms with Gasteiger partial charge in [-0.1, -0.05) is 6.07 Å². The second kappa shape index (κ2) is 4.16. The average molecular weight is 268 g/mol. The van der Waals surface area contributed by atoms with Crippen LogP contribution in [0, 0.1) is 11.6 Å². The maximum absolute atomic E-state index is 13.8. The lowest BCUT2D eigenvalue weighted by atomic mass is 9.96. The number of thiol groups is 1. The lowest BCUT2D eigenvalue weighted by Gasteiger charge is -2.21. The normalized spacial score (nSPS) is 26.6. The molecule has 0 aromatic heterocycles. The van der Waals surface area contributed by atoms with E-state index in [0.29, 0.717) is 13.0 Å². The maximum atomic E-state index is 13.8. The lowest BCUT2D eigenvalue weighted by Crippen LogP contribution is -2.31. The molecule has 5 heteroatoms. The Bertz CT molecular complexity index is 509. The summed E-state index contributed by atoms with van der Waals surface area (Å²) in [6.07, 6.45) is 0.660. The van der Waals surface area contributed by atoms with Gasteiger partial charge < -0.3 is 10.2 Å². The zero-order valence-electron chi connectivity index (χ0n) is 9.95. The van der Waals surface area contributed by atoms with Crippen LogP contribution in [0.2, 0.25) is 0 Å². The zero-order chi connectivity index (χ0) is 12.9. The predicted octanol–water partition coefficient (Wildman–Crippen LogP) is 2.80. The van der Waals surface area contributed by atoms with E-state index >= 15 is 0 Å². The molecule has 1 fully saturated rings. The number of halogens is 2. The van der Waals surface area contributed by atoms with Crippen molar-refractivity contribution in [3.05, 3.63) is 46.8 Å². The topological polar surface area (TPSA) is 15.3 Å². The van der Waals surface area contributed by atoms with Crippen LogP contribution >= 0.6 is 12.6 Å². The summed E-state index contributed by atoms with van der Waals surface area (Å²) >= 11 is 4.42. The van der Waals surface area contributed by atoms with Crippen LogP contribution in [0.25, 0.3) is 0 Å². The van der Waals surface area contributed by atoms with Crippen LogP contribution in [0.4, 0.5) is 8.78 Å². The molecule has 0 radical (unpaired) electrons. The number of nitrogens with zero attached hydrogens (tertiary/aromatic N) is 1. The highest BCUT2D eigenvalue weighted by Crippen LogP contribution is 2.41. The number of allylic oxidation sites excluding steroid dienone is 2. The molecule has 0 saturated carbocycles. The minimum Gasteiger partial charge on any atom is -0.359 e. The van der Waals surface area contributed by atoms with E-state index in [4.69, 9.17) is 0 Å². The van der Waals surface area contributed by atoms with Crippen LogP contribution in [0.5, 0.6) is 0 Å². The van der Waals surface area contributed by atoms with E-state index in [1.165, 1.54) is 18.2 Å². The Kier molecular flexibility index (Phi) is 2.73. The van der Waals surface area contributed by atoms with Crippen LogP contribution in [0.15, 0.2) is 29.6 Å². The van der Waals surface area contributed by atoms with E-state index < -0.39 is 11.6 Å². The Balaban J connectivity index is 1.95. The van der Waals surface area contributed by atoms with Crippen LogP contribution in [0.1, 0.15) is 24.8 Å². The van der Waals surface area contributed by atoms with Gasteiger partial charge in [-0.15, -0.1) is 12.6 Å². The van der Waals surface area contributed by atoms with Gasteiger partial charge in [0.05, 0.1) is 0 Å². The van der Waals surface area contributed by atoms with Crippen molar-refractivity contribution in [3.63, 3.8) is 0 Å². The Morgan fingerprint density at radius 1 is 1.33 bits per heavy atom. The largest absolute Gasteiger partial charge is 0.359 e. The van der Waals surface area contributed by atoms with Gasteiger partial charge in [0.15, 0.2) is 0 Å². The van der Waals surface area contributed by atoms with Gasteiger partial charge in [-0.2, -0.15) is 0 Å². The molecule has 18 heavy (non-hydrogen) atoms. The van der Waals surface area contributed by atoms with Gasteiger partial charge in [0.25, 0.3) is 0 Å². The Morgan fingerprint density at radius 2 is 2.00 bits per heavy atom. The summed E-state index contributed by atoms with van der Waals surface area (Å²) < 4.78 is 27.5. The van der Waals surface area contributed by atoms with E-state index in [1.54, 1.807) is 0 Å². The molecule has 2 nitrogen and oxygen atoms in total. The zero-order valence-corrected chi connectivity index (χ0v) is 10.8. The molecule has 2 aliphatic rings. The summed E-state index contributed by atoms with van der Waals surface area (Å²) in [6, 6.07) is 4.04. The van der Waals surface area contributed by atoms with Gasteiger partial charge in [0, 0.05) is 29.4 Å². The molecule has 1 aromatic rings. The summed E-state index contributed by atoms with van der Waals surface area (Å²) in [4.78, 5) is 2.06. The fourth-order valence-electron chi connectivity index (χ4n) is 2.83. The quantitative estimate of drug-likeness (QED) is 0.761. The molecule has 1 N–H and O–H groups in total. The summed E-state index contributed by atoms with van der Waals surface area (Å²) in [5.41, 5.74) is 2.28. The third kappa shape index (κ3) is 1.68. The first-order chi connectivity index (χ1) is 8.58. The van der Waals surface area contributed by atoms with Crippen LogP contribution in [0.3, 0.4) is 0 Å². The summed E-state index contributed by atoms with van der Waals surface area (Å²) in [5.74, 6) is -1.04. The highest BCUT2D eigenvalue weighted by molar-refractivity contribution is 7.80. The second-order valence-corrected chi connectivity index (χ2v) is 5.27. The SMILES string of the molecule is CC1=C2C[C@@H](c3c(F)cccc3F)CN2C(S)N1. The van der Waals surface area contributed by atoms with E-state index in [2.05, 4.69) is 22.8 Å². The number of fused-ring (bicyclic) bond motifs is 1. The van der Waals surface area contributed by atoms with Crippen LogP contribution in [-0.4, -0.2) is 16.9 Å². The molecular weight excluding hydrogens is 254 g/mol. The maximum Gasteiger partial charge on any atom is 0.145 e.